The molecule has 0 saturated carbocycles. The standard InChI is InChI=1S/C17H19N/c1-11-8-13-14-7-6-12(10-17(14,2)9-11)15-4-3-5-16(13)18-15/h3-8,12,16,18H,9-10H2,1-2H3/p+1. The van der Waals surface area contributed by atoms with Gasteiger partial charge in [0, 0.05) is 5.57 Å². The molecule has 0 aromatic heterocycles. The summed E-state index contributed by atoms with van der Waals surface area (Å²) in [6.45, 7) is 4.75. The fourth-order valence-electron chi connectivity index (χ4n) is 4.25. The average molecular weight is 238 g/mol. The lowest BCUT2D eigenvalue weighted by Crippen LogP contribution is -2.90. The van der Waals surface area contributed by atoms with Crippen LogP contribution in [0.3, 0.4) is 0 Å². The van der Waals surface area contributed by atoms with Crippen LogP contribution >= 0.6 is 0 Å². The van der Waals surface area contributed by atoms with E-state index in [0.29, 0.717) is 17.4 Å². The largest absolute Gasteiger partial charge is 0.307 e. The maximum Gasteiger partial charge on any atom is 0.135 e. The zero-order valence-corrected chi connectivity index (χ0v) is 11.1. The Balaban J connectivity index is 2.00. The van der Waals surface area contributed by atoms with Gasteiger partial charge in [-0.15, -0.1) is 0 Å². The molecular weight excluding hydrogens is 218 g/mol. The highest BCUT2D eigenvalue weighted by molar-refractivity contribution is 5.50. The third-order valence-corrected chi connectivity index (χ3v) is 4.96. The van der Waals surface area contributed by atoms with E-state index in [0.717, 1.165) is 0 Å². The molecule has 1 nitrogen and oxygen atoms in total. The Bertz CT molecular complexity index is 570. The molecule has 0 fully saturated rings. The molecule has 0 amide bonds. The van der Waals surface area contributed by atoms with E-state index in [-0.39, 0.29) is 0 Å². The van der Waals surface area contributed by atoms with Crippen LogP contribution in [0.1, 0.15) is 26.7 Å². The predicted octanol–water partition coefficient (Wildman–Crippen LogP) is 2.61. The van der Waals surface area contributed by atoms with Crippen molar-refractivity contribution in [3.05, 3.63) is 58.9 Å². The van der Waals surface area contributed by atoms with Gasteiger partial charge in [-0.2, -0.15) is 0 Å². The fraction of sp³-hybridized carbons (Fsp3) is 0.412. The number of quaternary nitrogens is 1. The zero-order chi connectivity index (χ0) is 12.3. The van der Waals surface area contributed by atoms with Gasteiger partial charge in [0.15, 0.2) is 0 Å². The topological polar surface area (TPSA) is 16.6 Å². The van der Waals surface area contributed by atoms with E-state index in [4.69, 9.17) is 0 Å². The second-order valence-corrected chi connectivity index (χ2v) is 6.51. The number of hydrogen-bond donors (Lipinski definition) is 1. The first kappa shape index (κ1) is 10.6. The highest BCUT2D eigenvalue weighted by Gasteiger charge is 2.43. The molecule has 18 heavy (non-hydrogen) atoms. The van der Waals surface area contributed by atoms with Crippen molar-refractivity contribution in [1.82, 2.24) is 0 Å². The number of allylic oxidation sites excluding steroid dienone is 6. The quantitative estimate of drug-likeness (QED) is 0.668. The Morgan fingerprint density at radius 3 is 3.11 bits per heavy atom. The normalized spacial score (nSPS) is 40.3. The van der Waals surface area contributed by atoms with E-state index in [9.17, 15) is 0 Å². The molecule has 0 saturated heterocycles. The molecule has 3 atom stereocenters. The van der Waals surface area contributed by atoms with Crippen LogP contribution in [-0.4, -0.2) is 6.04 Å². The summed E-state index contributed by atoms with van der Waals surface area (Å²) in [4.78, 5) is 0. The van der Waals surface area contributed by atoms with Gasteiger partial charge >= 0.3 is 0 Å². The van der Waals surface area contributed by atoms with E-state index >= 15 is 0 Å². The highest BCUT2D eigenvalue weighted by Crippen LogP contribution is 2.50. The maximum absolute atomic E-state index is 2.47. The molecule has 0 aromatic carbocycles. The van der Waals surface area contributed by atoms with Crippen molar-refractivity contribution in [2.75, 3.05) is 0 Å². The van der Waals surface area contributed by atoms with Crippen LogP contribution in [0.4, 0.5) is 0 Å². The lowest BCUT2D eigenvalue weighted by molar-refractivity contribution is -0.631. The van der Waals surface area contributed by atoms with Crippen LogP contribution in [-0.2, 0) is 0 Å². The summed E-state index contributed by atoms with van der Waals surface area (Å²) >= 11 is 0. The van der Waals surface area contributed by atoms with Crippen LogP contribution in [0, 0.1) is 11.3 Å². The van der Waals surface area contributed by atoms with Gasteiger partial charge in [-0.05, 0) is 42.9 Å². The molecule has 2 aliphatic carbocycles. The van der Waals surface area contributed by atoms with E-state index in [1.807, 2.05) is 0 Å². The van der Waals surface area contributed by atoms with Gasteiger partial charge in [-0.1, -0.05) is 36.8 Å². The number of rotatable bonds is 0. The van der Waals surface area contributed by atoms with Crippen LogP contribution < -0.4 is 5.32 Å². The molecule has 5 rings (SSSR count). The summed E-state index contributed by atoms with van der Waals surface area (Å²) in [6.07, 6.45) is 16.7. The summed E-state index contributed by atoms with van der Waals surface area (Å²) in [6, 6.07) is 0.502. The van der Waals surface area contributed by atoms with Gasteiger partial charge in [0.25, 0.3) is 0 Å². The minimum Gasteiger partial charge on any atom is -0.307 e. The highest BCUT2D eigenvalue weighted by atomic mass is 14.9. The molecule has 5 aliphatic rings. The first-order valence-electron chi connectivity index (χ1n) is 6.99. The van der Waals surface area contributed by atoms with Crippen molar-refractivity contribution < 1.29 is 5.32 Å². The molecular formula is C17H20N+. The Hall–Kier alpha value is -1.34. The second kappa shape index (κ2) is 3.36. The molecule has 3 aliphatic heterocycles. The summed E-state index contributed by atoms with van der Waals surface area (Å²) in [5.74, 6) is 0.624. The fourth-order valence-corrected chi connectivity index (χ4v) is 4.25. The van der Waals surface area contributed by atoms with Gasteiger partial charge in [0.05, 0.1) is 5.92 Å². The van der Waals surface area contributed by atoms with Crippen molar-refractivity contribution in [1.29, 1.82) is 0 Å². The van der Waals surface area contributed by atoms with Gasteiger partial charge in [0.2, 0.25) is 0 Å². The van der Waals surface area contributed by atoms with Crippen molar-refractivity contribution in [2.24, 2.45) is 11.3 Å². The Labute approximate surface area is 109 Å². The van der Waals surface area contributed by atoms with Crippen molar-refractivity contribution in [3.8, 4) is 0 Å². The first-order chi connectivity index (χ1) is 8.66. The van der Waals surface area contributed by atoms with Gasteiger partial charge < -0.3 is 5.32 Å². The maximum atomic E-state index is 2.47. The van der Waals surface area contributed by atoms with E-state index in [1.54, 1.807) is 11.1 Å². The molecule has 3 unspecified atom stereocenters. The smallest absolute Gasteiger partial charge is 0.135 e. The molecule has 0 aromatic rings. The van der Waals surface area contributed by atoms with Crippen LogP contribution in [0.2, 0.25) is 0 Å². The molecule has 0 spiro atoms. The van der Waals surface area contributed by atoms with E-state index in [1.165, 1.54) is 24.1 Å². The van der Waals surface area contributed by atoms with Crippen LogP contribution in [0.25, 0.3) is 0 Å². The van der Waals surface area contributed by atoms with Crippen molar-refractivity contribution >= 4 is 0 Å². The van der Waals surface area contributed by atoms with Crippen molar-refractivity contribution in [3.63, 3.8) is 0 Å². The molecule has 92 valence electrons. The number of nitrogens with two attached hydrogens (primary N) is 1. The zero-order valence-electron chi connectivity index (χ0n) is 11.1. The SMILES string of the molecule is CC1=CC2=C3C=CC(CC3(C)C1)C1=CC=CC2[NH2+]1. The van der Waals surface area contributed by atoms with Gasteiger partial charge in [-0.25, -0.2) is 0 Å². The predicted molar refractivity (Wildman–Crippen MR) is 73.7 cm³/mol. The monoisotopic (exact) mass is 238 g/mol. The van der Waals surface area contributed by atoms with Gasteiger partial charge in [0.1, 0.15) is 11.7 Å². The molecule has 0 radical (unpaired) electrons. The lowest BCUT2D eigenvalue weighted by atomic mass is 9.61. The van der Waals surface area contributed by atoms with Crippen LogP contribution in [0.15, 0.2) is 58.9 Å². The Morgan fingerprint density at radius 2 is 2.22 bits per heavy atom. The third kappa shape index (κ3) is 1.31. The average Bonchev–Trinajstić information content (AvgIpc) is 2.35. The minimum absolute atomic E-state index is 0.365. The minimum atomic E-state index is 0.365. The Kier molecular flexibility index (Phi) is 1.97. The van der Waals surface area contributed by atoms with Crippen LogP contribution in [0.5, 0.6) is 0 Å². The molecule has 1 heteroatoms. The van der Waals surface area contributed by atoms with E-state index < -0.39 is 0 Å². The van der Waals surface area contributed by atoms with Gasteiger partial charge in [-0.3, -0.25) is 0 Å². The lowest BCUT2D eigenvalue weighted by Gasteiger charge is -2.44. The summed E-state index contributed by atoms with van der Waals surface area (Å²) in [7, 11) is 0. The molecule has 2 N–H and O–H groups in total. The third-order valence-electron chi connectivity index (χ3n) is 4.96. The summed E-state index contributed by atoms with van der Waals surface area (Å²) in [5.41, 5.74) is 6.57. The molecule has 6 bridgehead atoms. The number of hydrogen-bond acceptors (Lipinski definition) is 0. The van der Waals surface area contributed by atoms with E-state index in [2.05, 4.69) is 55.6 Å². The first-order valence-corrected chi connectivity index (χ1v) is 6.99. The van der Waals surface area contributed by atoms with Crippen molar-refractivity contribution in [2.45, 2.75) is 32.7 Å². The summed E-state index contributed by atoms with van der Waals surface area (Å²) < 4.78 is 0. The summed E-state index contributed by atoms with van der Waals surface area (Å²) in [5, 5.41) is 2.47. The second-order valence-electron chi connectivity index (χ2n) is 6.51. The molecule has 3 heterocycles. The Morgan fingerprint density at radius 1 is 1.33 bits per heavy atom.